The quantitative estimate of drug-likeness (QED) is 0.401. The number of anilines is 1. The van der Waals surface area contributed by atoms with E-state index in [1.807, 2.05) is 30.3 Å². The molecule has 0 aliphatic rings. The van der Waals surface area contributed by atoms with Crippen LogP contribution in [0, 0.1) is 5.82 Å². The maximum absolute atomic E-state index is 13.1. The fourth-order valence-electron chi connectivity index (χ4n) is 3.27. The Labute approximate surface area is 200 Å². The lowest BCUT2D eigenvalue weighted by Gasteiger charge is -2.17. The van der Waals surface area contributed by atoms with Crippen LogP contribution in [0.2, 0.25) is 0 Å². The maximum Gasteiger partial charge on any atom is 0.437 e. The first-order chi connectivity index (χ1) is 16.7. The number of aromatic nitrogens is 2. The molecule has 0 unspecified atom stereocenters. The van der Waals surface area contributed by atoms with Gasteiger partial charge in [-0.2, -0.15) is 8.99 Å². The molecule has 1 amide bonds. The van der Waals surface area contributed by atoms with Crippen molar-refractivity contribution in [3.63, 3.8) is 0 Å². The number of sulfonamides is 1. The summed E-state index contributed by atoms with van der Waals surface area (Å²) in [6, 6.07) is 20.1. The van der Waals surface area contributed by atoms with Gasteiger partial charge in [0.05, 0.1) is 4.90 Å². The molecule has 0 radical (unpaired) electrons. The number of rotatable bonds is 8. The van der Waals surface area contributed by atoms with Crippen molar-refractivity contribution in [2.45, 2.75) is 18.0 Å². The number of carbonyl (C=O) groups is 1. The normalized spacial score (nSPS) is 11.5. The number of hydrogen-bond donors (Lipinski definition) is 1. The first kappa shape index (κ1) is 24.0. The molecule has 0 aliphatic heterocycles. The lowest BCUT2D eigenvalue weighted by atomic mass is 10.2. The van der Waals surface area contributed by atoms with E-state index in [-0.39, 0.29) is 17.3 Å². The average Bonchev–Trinajstić information content (AvgIpc) is 3.20. The number of amides is 1. The highest BCUT2D eigenvalue weighted by Crippen LogP contribution is 2.20. The standard InChI is InChI=1S/C24H21FN4O5S/c1-28(15-17-5-3-2-4-6-17)35(32,33)21-13-11-20(12-14-21)26-22(30)16-29-24(31)34-23(27-29)18-7-9-19(25)10-8-18/h2-14H,15-16H2,1H3,(H,26,30). The number of nitrogens with one attached hydrogen (secondary N) is 1. The van der Waals surface area contributed by atoms with Crippen molar-refractivity contribution >= 4 is 21.6 Å². The molecule has 0 bridgehead atoms. The van der Waals surface area contributed by atoms with Gasteiger partial charge in [0, 0.05) is 24.8 Å². The largest absolute Gasteiger partial charge is 0.437 e. The summed E-state index contributed by atoms with van der Waals surface area (Å²) in [5, 5.41) is 6.54. The maximum atomic E-state index is 13.1. The van der Waals surface area contributed by atoms with Gasteiger partial charge in [0.2, 0.25) is 21.8 Å². The second-order valence-electron chi connectivity index (χ2n) is 7.66. The van der Waals surface area contributed by atoms with E-state index in [4.69, 9.17) is 4.42 Å². The van der Waals surface area contributed by atoms with Crippen LogP contribution in [-0.4, -0.2) is 35.5 Å². The molecule has 3 aromatic carbocycles. The molecule has 35 heavy (non-hydrogen) atoms. The number of nitrogens with zero attached hydrogens (tertiary/aromatic N) is 3. The summed E-state index contributed by atoms with van der Waals surface area (Å²) in [5.74, 6) is -1.90. The minimum atomic E-state index is -3.73. The fraction of sp³-hybridized carbons (Fsp3) is 0.125. The van der Waals surface area contributed by atoms with E-state index in [9.17, 15) is 22.4 Å². The molecule has 4 aromatic rings. The number of benzene rings is 3. The molecule has 0 spiro atoms. The zero-order chi connectivity index (χ0) is 25.0. The number of hydrogen-bond acceptors (Lipinski definition) is 6. The molecule has 0 atom stereocenters. The van der Waals surface area contributed by atoms with Crippen molar-refractivity contribution in [1.29, 1.82) is 0 Å². The van der Waals surface area contributed by atoms with Crippen LogP contribution in [0.25, 0.3) is 11.5 Å². The van der Waals surface area contributed by atoms with Gasteiger partial charge in [0.15, 0.2) is 0 Å². The van der Waals surface area contributed by atoms with Gasteiger partial charge < -0.3 is 9.73 Å². The van der Waals surface area contributed by atoms with Gasteiger partial charge in [0.1, 0.15) is 12.4 Å². The molecule has 0 saturated carbocycles. The zero-order valence-electron chi connectivity index (χ0n) is 18.6. The minimum Gasteiger partial charge on any atom is -0.388 e. The Morgan fingerprint density at radius 2 is 1.69 bits per heavy atom. The molecule has 1 aromatic heterocycles. The smallest absolute Gasteiger partial charge is 0.388 e. The predicted molar refractivity (Wildman–Crippen MR) is 126 cm³/mol. The van der Waals surface area contributed by atoms with Crippen molar-refractivity contribution in [2.24, 2.45) is 0 Å². The third-order valence-electron chi connectivity index (χ3n) is 5.09. The highest BCUT2D eigenvalue weighted by molar-refractivity contribution is 7.89. The van der Waals surface area contributed by atoms with Crippen LogP contribution in [0.15, 0.2) is 93.0 Å². The van der Waals surface area contributed by atoms with E-state index in [0.29, 0.717) is 11.3 Å². The summed E-state index contributed by atoms with van der Waals surface area (Å²) < 4.78 is 45.9. The summed E-state index contributed by atoms with van der Waals surface area (Å²) in [4.78, 5) is 24.5. The lowest BCUT2D eigenvalue weighted by molar-refractivity contribution is -0.117. The summed E-state index contributed by atoms with van der Waals surface area (Å²) in [6.07, 6.45) is 0. The monoisotopic (exact) mass is 496 g/mol. The number of carbonyl (C=O) groups excluding carboxylic acids is 1. The molecule has 1 heterocycles. The molecular weight excluding hydrogens is 475 g/mol. The highest BCUT2D eigenvalue weighted by Gasteiger charge is 2.21. The summed E-state index contributed by atoms with van der Waals surface area (Å²) in [6.45, 7) is -0.211. The van der Waals surface area contributed by atoms with E-state index >= 15 is 0 Å². The van der Waals surface area contributed by atoms with Gasteiger partial charge in [0.25, 0.3) is 0 Å². The van der Waals surface area contributed by atoms with Gasteiger partial charge in [-0.15, -0.1) is 5.10 Å². The topological polar surface area (TPSA) is 115 Å². The van der Waals surface area contributed by atoms with Crippen LogP contribution in [-0.2, 0) is 27.9 Å². The molecule has 0 fully saturated rings. The predicted octanol–water partition coefficient (Wildman–Crippen LogP) is 3.10. The zero-order valence-corrected chi connectivity index (χ0v) is 19.4. The van der Waals surface area contributed by atoms with E-state index in [1.54, 1.807) is 0 Å². The SMILES string of the molecule is CN(Cc1ccccc1)S(=O)(=O)c1ccc(NC(=O)Cn2nc(-c3ccc(F)cc3)oc2=O)cc1. The average molecular weight is 497 g/mol. The van der Waals surface area contributed by atoms with Crippen LogP contribution in [0.3, 0.4) is 0 Å². The third-order valence-corrected chi connectivity index (χ3v) is 6.90. The van der Waals surface area contributed by atoms with Gasteiger partial charge in [-0.25, -0.2) is 17.6 Å². The van der Waals surface area contributed by atoms with E-state index in [0.717, 1.165) is 10.2 Å². The van der Waals surface area contributed by atoms with Crippen LogP contribution >= 0.6 is 0 Å². The summed E-state index contributed by atoms with van der Waals surface area (Å²) in [7, 11) is -2.24. The first-order valence-corrected chi connectivity index (χ1v) is 11.9. The van der Waals surface area contributed by atoms with Gasteiger partial charge in [-0.05, 0) is 54.1 Å². The van der Waals surface area contributed by atoms with Crippen molar-refractivity contribution in [2.75, 3.05) is 12.4 Å². The highest BCUT2D eigenvalue weighted by atomic mass is 32.2. The van der Waals surface area contributed by atoms with Crippen molar-refractivity contribution in [3.05, 3.63) is 101 Å². The minimum absolute atomic E-state index is 0.0445. The van der Waals surface area contributed by atoms with E-state index in [1.165, 1.54) is 59.9 Å². The summed E-state index contributed by atoms with van der Waals surface area (Å²) >= 11 is 0. The molecule has 0 saturated heterocycles. The molecule has 0 aliphatic carbocycles. The van der Waals surface area contributed by atoms with Crippen molar-refractivity contribution in [3.8, 4) is 11.5 Å². The van der Waals surface area contributed by atoms with Gasteiger partial charge >= 0.3 is 5.76 Å². The molecular formula is C24H21FN4O5S. The Kier molecular flexibility index (Phi) is 6.90. The molecule has 11 heteroatoms. The summed E-state index contributed by atoms with van der Waals surface area (Å²) in [5.41, 5.74) is 1.58. The van der Waals surface area contributed by atoms with Crippen molar-refractivity contribution < 1.29 is 22.0 Å². The number of halogens is 1. The second kappa shape index (κ2) is 10.0. The Morgan fingerprint density at radius 3 is 2.34 bits per heavy atom. The van der Waals surface area contributed by atoms with Crippen LogP contribution < -0.4 is 11.1 Å². The van der Waals surface area contributed by atoms with Crippen LogP contribution in [0.4, 0.5) is 10.1 Å². The van der Waals surface area contributed by atoms with Crippen LogP contribution in [0.5, 0.6) is 0 Å². The Morgan fingerprint density at radius 1 is 1.03 bits per heavy atom. The Balaban J connectivity index is 1.40. The third kappa shape index (κ3) is 5.70. The molecule has 9 nitrogen and oxygen atoms in total. The molecule has 1 N–H and O–H groups in total. The molecule has 180 valence electrons. The van der Waals surface area contributed by atoms with Gasteiger partial charge in [-0.3, -0.25) is 4.79 Å². The van der Waals surface area contributed by atoms with Crippen molar-refractivity contribution in [1.82, 2.24) is 14.1 Å². The van der Waals surface area contributed by atoms with Gasteiger partial charge in [-0.1, -0.05) is 30.3 Å². The lowest BCUT2D eigenvalue weighted by Crippen LogP contribution is -2.27. The Hall–Kier alpha value is -4.09. The fourth-order valence-corrected chi connectivity index (χ4v) is 4.43. The first-order valence-electron chi connectivity index (χ1n) is 10.5. The van der Waals surface area contributed by atoms with E-state index in [2.05, 4.69) is 10.4 Å². The Bertz CT molecular complexity index is 1480. The van der Waals surface area contributed by atoms with E-state index < -0.39 is 34.0 Å². The second-order valence-corrected chi connectivity index (χ2v) is 9.70. The molecule has 4 rings (SSSR count). The van der Waals surface area contributed by atoms with Crippen LogP contribution in [0.1, 0.15) is 5.56 Å².